The molecule has 0 aromatic carbocycles. The van der Waals surface area contributed by atoms with Gasteiger partial charge >= 0.3 is 0 Å². The molecule has 1 aliphatic carbocycles. The maximum atomic E-state index is 5.86. The summed E-state index contributed by atoms with van der Waals surface area (Å²) >= 11 is 1.89. The quantitative estimate of drug-likeness (QED) is 0.844. The van der Waals surface area contributed by atoms with Crippen LogP contribution in [0.2, 0.25) is 0 Å². The molecule has 1 aromatic rings. The van der Waals surface area contributed by atoms with Crippen LogP contribution in [0.25, 0.3) is 0 Å². The third kappa shape index (κ3) is 3.87. The van der Waals surface area contributed by atoms with Gasteiger partial charge in [0, 0.05) is 17.7 Å². The van der Waals surface area contributed by atoms with Gasteiger partial charge in [-0.2, -0.15) is 0 Å². The predicted molar refractivity (Wildman–Crippen MR) is 77.7 cm³/mol. The molecule has 3 nitrogen and oxygen atoms in total. The average molecular weight is 265 g/mol. The molecule has 0 spiro atoms. The van der Waals surface area contributed by atoms with Crippen LogP contribution in [0, 0.1) is 5.92 Å². The van der Waals surface area contributed by atoms with Crippen molar-refractivity contribution in [3.63, 3.8) is 0 Å². The first kappa shape index (κ1) is 13.7. The van der Waals surface area contributed by atoms with Gasteiger partial charge in [0.15, 0.2) is 0 Å². The Labute approximate surface area is 114 Å². The van der Waals surface area contributed by atoms with Gasteiger partial charge in [-0.05, 0) is 25.2 Å². The van der Waals surface area contributed by atoms with Crippen LogP contribution in [0.3, 0.4) is 0 Å². The van der Waals surface area contributed by atoms with Crippen LogP contribution < -0.4 is 5.73 Å². The molecular formula is C14H23N3S. The Hall–Kier alpha value is -0.770. The minimum absolute atomic E-state index is 0.611. The van der Waals surface area contributed by atoms with Crippen molar-refractivity contribution in [2.45, 2.75) is 62.6 Å². The van der Waals surface area contributed by atoms with Crippen LogP contribution in [-0.2, 0) is 6.42 Å². The van der Waals surface area contributed by atoms with Crippen LogP contribution in [0.4, 0.5) is 5.82 Å². The fraction of sp³-hybridized carbons (Fsp3) is 0.714. The zero-order chi connectivity index (χ0) is 13.0. The molecule has 100 valence electrons. The van der Waals surface area contributed by atoms with Gasteiger partial charge in [0.25, 0.3) is 0 Å². The molecule has 18 heavy (non-hydrogen) atoms. The van der Waals surface area contributed by atoms with E-state index in [1.54, 1.807) is 0 Å². The minimum Gasteiger partial charge on any atom is -0.384 e. The van der Waals surface area contributed by atoms with Crippen molar-refractivity contribution >= 4 is 17.6 Å². The van der Waals surface area contributed by atoms with Gasteiger partial charge in [-0.3, -0.25) is 0 Å². The van der Waals surface area contributed by atoms with Crippen molar-refractivity contribution < 1.29 is 0 Å². The largest absolute Gasteiger partial charge is 0.384 e. The normalized spacial score (nSPS) is 24.1. The number of nitrogens with two attached hydrogens (primary N) is 1. The Morgan fingerprint density at radius 2 is 2.22 bits per heavy atom. The molecule has 0 amide bonds. The van der Waals surface area contributed by atoms with Gasteiger partial charge in [-0.1, -0.05) is 26.7 Å². The number of nitrogen functional groups attached to an aromatic ring is 1. The fourth-order valence-electron chi connectivity index (χ4n) is 2.54. The molecule has 1 heterocycles. The molecule has 1 fully saturated rings. The first-order valence-electron chi connectivity index (χ1n) is 6.97. The minimum atomic E-state index is 0.611. The van der Waals surface area contributed by atoms with E-state index in [4.69, 9.17) is 5.73 Å². The predicted octanol–water partition coefficient (Wildman–Crippen LogP) is 3.68. The summed E-state index contributed by atoms with van der Waals surface area (Å²) in [5.74, 6) is 2.36. The van der Waals surface area contributed by atoms with Crippen LogP contribution in [0.1, 0.15) is 51.8 Å². The molecule has 2 unspecified atom stereocenters. The highest BCUT2D eigenvalue weighted by molar-refractivity contribution is 7.99. The highest BCUT2D eigenvalue weighted by atomic mass is 32.2. The standard InChI is InChI=1S/C14H23N3S/c1-3-5-13-16-12(15)9-14(17-13)18-11-7-4-6-10(2)8-11/h9-11H,3-8H2,1-2H3,(H2,15,16,17). The number of aromatic nitrogens is 2. The van der Waals surface area contributed by atoms with Crippen molar-refractivity contribution in [3.05, 3.63) is 11.9 Å². The monoisotopic (exact) mass is 265 g/mol. The molecule has 0 aliphatic heterocycles. The summed E-state index contributed by atoms with van der Waals surface area (Å²) < 4.78 is 0. The molecule has 1 aliphatic rings. The molecule has 2 rings (SSSR count). The lowest BCUT2D eigenvalue weighted by Gasteiger charge is -2.25. The molecule has 2 N–H and O–H groups in total. The van der Waals surface area contributed by atoms with Gasteiger partial charge in [0.1, 0.15) is 16.7 Å². The van der Waals surface area contributed by atoms with E-state index in [0.29, 0.717) is 11.1 Å². The molecule has 1 saturated carbocycles. The zero-order valence-corrected chi connectivity index (χ0v) is 12.2. The van der Waals surface area contributed by atoms with Crippen molar-refractivity contribution in [2.24, 2.45) is 5.92 Å². The summed E-state index contributed by atoms with van der Waals surface area (Å²) in [5.41, 5.74) is 5.86. The number of aryl methyl sites for hydroxylation is 1. The summed E-state index contributed by atoms with van der Waals surface area (Å²) in [6, 6.07) is 1.92. The van der Waals surface area contributed by atoms with Gasteiger partial charge < -0.3 is 5.73 Å². The van der Waals surface area contributed by atoms with Gasteiger partial charge in [0.05, 0.1) is 0 Å². The summed E-state index contributed by atoms with van der Waals surface area (Å²) in [5, 5.41) is 1.77. The van der Waals surface area contributed by atoms with E-state index in [2.05, 4.69) is 23.8 Å². The van der Waals surface area contributed by atoms with E-state index in [-0.39, 0.29) is 0 Å². The van der Waals surface area contributed by atoms with Crippen molar-refractivity contribution in [1.29, 1.82) is 0 Å². The first-order valence-corrected chi connectivity index (χ1v) is 7.85. The van der Waals surface area contributed by atoms with Crippen molar-refractivity contribution in [1.82, 2.24) is 9.97 Å². The van der Waals surface area contributed by atoms with Gasteiger partial charge in [-0.25, -0.2) is 9.97 Å². The second kappa shape index (κ2) is 6.41. The Bertz CT molecular complexity index is 395. The van der Waals surface area contributed by atoms with E-state index in [1.807, 2.05) is 17.8 Å². The molecule has 4 heteroatoms. The number of nitrogens with zero attached hydrogens (tertiary/aromatic N) is 2. The number of rotatable bonds is 4. The van der Waals surface area contributed by atoms with Crippen LogP contribution in [0.5, 0.6) is 0 Å². The maximum absolute atomic E-state index is 5.86. The highest BCUT2D eigenvalue weighted by Crippen LogP contribution is 2.35. The van der Waals surface area contributed by atoms with Gasteiger partial charge in [-0.15, -0.1) is 11.8 Å². The summed E-state index contributed by atoms with van der Waals surface area (Å²) in [6.07, 6.45) is 7.32. The van der Waals surface area contributed by atoms with Crippen LogP contribution in [0.15, 0.2) is 11.1 Å². The van der Waals surface area contributed by atoms with Crippen LogP contribution >= 0.6 is 11.8 Å². The Morgan fingerprint density at radius 3 is 2.94 bits per heavy atom. The van der Waals surface area contributed by atoms with Crippen LogP contribution in [-0.4, -0.2) is 15.2 Å². The first-order chi connectivity index (χ1) is 8.67. The zero-order valence-electron chi connectivity index (χ0n) is 11.4. The maximum Gasteiger partial charge on any atom is 0.132 e. The van der Waals surface area contributed by atoms with Gasteiger partial charge in [0.2, 0.25) is 0 Å². The lowest BCUT2D eigenvalue weighted by molar-refractivity contribution is 0.394. The molecule has 1 aromatic heterocycles. The molecule has 0 radical (unpaired) electrons. The van der Waals surface area contributed by atoms with E-state index < -0.39 is 0 Å². The van der Waals surface area contributed by atoms with E-state index in [0.717, 1.165) is 29.6 Å². The third-order valence-corrected chi connectivity index (χ3v) is 4.63. The lowest BCUT2D eigenvalue weighted by Crippen LogP contribution is -2.15. The highest BCUT2D eigenvalue weighted by Gasteiger charge is 2.20. The average Bonchev–Trinajstić information content (AvgIpc) is 2.28. The van der Waals surface area contributed by atoms with E-state index in [9.17, 15) is 0 Å². The molecule has 2 atom stereocenters. The fourth-order valence-corrected chi connectivity index (χ4v) is 3.94. The van der Waals surface area contributed by atoms with Crippen molar-refractivity contribution in [2.75, 3.05) is 5.73 Å². The number of hydrogen-bond donors (Lipinski definition) is 1. The van der Waals surface area contributed by atoms with E-state index in [1.165, 1.54) is 25.7 Å². The summed E-state index contributed by atoms with van der Waals surface area (Å²) in [6.45, 7) is 4.49. The SMILES string of the molecule is CCCc1nc(N)cc(SC2CCCC(C)C2)n1. The second-order valence-corrected chi connectivity index (χ2v) is 6.63. The smallest absolute Gasteiger partial charge is 0.132 e. The Balaban J connectivity index is 2.03. The van der Waals surface area contributed by atoms with Crippen molar-refractivity contribution in [3.8, 4) is 0 Å². The second-order valence-electron chi connectivity index (χ2n) is 5.31. The lowest BCUT2D eigenvalue weighted by atomic mass is 9.91. The Kier molecular flexibility index (Phi) is 4.87. The number of thioether (sulfide) groups is 1. The number of hydrogen-bond acceptors (Lipinski definition) is 4. The molecule has 0 saturated heterocycles. The summed E-state index contributed by atoms with van der Waals surface area (Å²) in [7, 11) is 0. The number of anilines is 1. The molecule has 0 bridgehead atoms. The molecular weight excluding hydrogens is 242 g/mol. The van der Waals surface area contributed by atoms with E-state index >= 15 is 0 Å². The third-order valence-electron chi connectivity index (χ3n) is 3.42. The summed E-state index contributed by atoms with van der Waals surface area (Å²) in [4.78, 5) is 8.90. The Morgan fingerprint density at radius 1 is 1.39 bits per heavy atom. The topological polar surface area (TPSA) is 51.8 Å².